The molecule has 0 bridgehead atoms. The van der Waals surface area contributed by atoms with Crippen LogP contribution in [-0.4, -0.2) is 19.3 Å². The molecule has 0 aromatic heterocycles. The molecular formula is C12H24OSi. The normalized spacial score (nSPS) is 16.9. The lowest BCUT2D eigenvalue weighted by Crippen LogP contribution is -2.32. The Kier molecular flexibility index (Phi) is 4.42. The van der Waals surface area contributed by atoms with E-state index in [1.807, 2.05) is 27.7 Å². The van der Waals surface area contributed by atoms with Gasteiger partial charge in [-0.1, -0.05) is 40.4 Å². The monoisotopic (exact) mass is 212 g/mol. The van der Waals surface area contributed by atoms with E-state index in [0.717, 1.165) is 0 Å². The Bertz CT molecular complexity index is 234. The van der Waals surface area contributed by atoms with Crippen LogP contribution in [-0.2, 0) is 0 Å². The van der Waals surface area contributed by atoms with Crippen molar-refractivity contribution in [2.75, 3.05) is 0 Å². The van der Waals surface area contributed by atoms with Crippen molar-refractivity contribution < 1.29 is 5.11 Å². The zero-order valence-corrected chi connectivity index (χ0v) is 11.6. The quantitative estimate of drug-likeness (QED) is 0.523. The van der Waals surface area contributed by atoms with Crippen LogP contribution in [0.3, 0.4) is 0 Å². The van der Waals surface area contributed by atoms with Crippen molar-refractivity contribution in [3.63, 3.8) is 0 Å². The zero-order valence-electron chi connectivity index (χ0n) is 10.6. The molecule has 0 aliphatic heterocycles. The average Bonchev–Trinajstić information content (AvgIpc) is 1.95. The Balaban J connectivity index is 4.48. The highest BCUT2D eigenvalue weighted by atomic mass is 28.3. The van der Waals surface area contributed by atoms with Crippen molar-refractivity contribution in [1.82, 2.24) is 0 Å². The summed E-state index contributed by atoms with van der Waals surface area (Å²) in [5, 5.41) is 9.96. The first kappa shape index (κ1) is 13.7. The van der Waals surface area contributed by atoms with Crippen LogP contribution in [0.1, 0.15) is 27.7 Å². The van der Waals surface area contributed by atoms with E-state index in [4.69, 9.17) is 0 Å². The summed E-state index contributed by atoms with van der Waals surface area (Å²) in [4.78, 5) is 0. The van der Waals surface area contributed by atoms with E-state index in [9.17, 15) is 5.11 Å². The maximum Gasteiger partial charge on any atom is 0.129 e. The van der Waals surface area contributed by atoms with Crippen molar-refractivity contribution >= 4 is 8.07 Å². The van der Waals surface area contributed by atoms with Crippen LogP contribution in [0.5, 0.6) is 0 Å². The molecule has 2 heteroatoms. The summed E-state index contributed by atoms with van der Waals surface area (Å²) in [6.45, 7) is 14.8. The standard InChI is InChI=1S/C12H24OSi/c1-10(8-9-14(5,6)7)11(13)12(2,3)4/h10-11,13H,1-7H3/t10-,11+/m1/s1. The van der Waals surface area contributed by atoms with Gasteiger partial charge in [-0.3, -0.25) is 0 Å². The van der Waals surface area contributed by atoms with Crippen LogP contribution >= 0.6 is 0 Å². The van der Waals surface area contributed by atoms with Gasteiger partial charge in [-0.05, 0) is 12.3 Å². The van der Waals surface area contributed by atoms with Crippen molar-refractivity contribution in [1.29, 1.82) is 0 Å². The Morgan fingerprint density at radius 2 is 1.57 bits per heavy atom. The number of aliphatic hydroxyl groups excluding tert-OH is 1. The van der Waals surface area contributed by atoms with E-state index in [0.29, 0.717) is 0 Å². The minimum absolute atomic E-state index is 0.0710. The summed E-state index contributed by atoms with van der Waals surface area (Å²) >= 11 is 0. The molecule has 0 unspecified atom stereocenters. The third kappa shape index (κ3) is 5.46. The van der Waals surface area contributed by atoms with Gasteiger partial charge in [-0.25, -0.2) is 0 Å². The van der Waals surface area contributed by atoms with E-state index < -0.39 is 8.07 Å². The molecule has 0 heterocycles. The van der Waals surface area contributed by atoms with Crippen LogP contribution in [0.2, 0.25) is 19.6 Å². The lowest BCUT2D eigenvalue weighted by atomic mass is 9.82. The number of hydrogen-bond acceptors (Lipinski definition) is 1. The molecule has 14 heavy (non-hydrogen) atoms. The summed E-state index contributed by atoms with van der Waals surface area (Å²) in [7, 11) is -1.30. The smallest absolute Gasteiger partial charge is 0.129 e. The third-order valence-corrected chi connectivity index (χ3v) is 2.93. The Labute approximate surface area is 89.9 Å². The minimum Gasteiger partial charge on any atom is -0.391 e. The molecule has 0 amide bonds. The molecule has 82 valence electrons. The summed E-state index contributed by atoms with van der Waals surface area (Å²) in [5.41, 5.74) is 3.23. The third-order valence-electron chi connectivity index (χ3n) is 2.04. The molecule has 0 saturated carbocycles. The van der Waals surface area contributed by atoms with Crippen LogP contribution in [0.4, 0.5) is 0 Å². The first-order valence-corrected chi connectivity index (χ1v) is 8.75. The molecule has 0 spiro atoms. The fourth-order valence-electron chi connectivity index (χ4n) is 1.16. The molecular weight excluding hydrogens is 188 g/mol. The number of aliphatic hydroxyl groups is 1. The molecule has 0 rings (SSSR count). The van der Waals surface area contributed by atoms with Crippen molar-refractivity contribution in [2.45, 2.75) is 53.4 Å². The van der Waals surface area contributed by atoms with Crippen LogP contribution < -0.4 is 0 Å². The second-order valence-corrected chi connectivity index (χ2v) is 10.9. The van der Waals surface area contributed by atoms with E-state index in [1.54, 1.807) is 0 Å². The number of hydrogen-bond donors (Lipinski definition) is 1. The van der Waals surface area contributed by atoms with Crippen molar-refractivity contribution in [2.24, 2.45) is 11.3 Å². The van der Waals surface area contributed by atoms with Gasteiger partial charge in [0.1, 0.15) is 8.07 Å². The molecule has 0 aromatic rings. The van der Waals surface area contributed by atoms with Gasteiger partial charge in [-0.15, -0.1) is 11.5 Å². The van der Waals surface area contributed by atoms with E-state index in [2.05, 4.69) is 31.1 Å². The van der Waals surface area contributed by atoms with Gasteiger partial charge in [0.2, 0.25) is 0 Å². The lowest BCUT2D eigenvalue weighted by Gasteiger charge is -2.28. The topological polar surface area (TPSA) is 20.2 Å². The van der Waals surface area contributed by atoms with Gasteiger partial charge in [-0.2, -0.15) is 0 Å². The molecule has 0 aliphatic carbocycles. The van der Waals surface area contributed by atoms with E-state index in [1.165, 1.54) is 0 Å². The zero-order chi connectivity index (χ0) is 11.6. The first-order valence-electron chi connectivity index (χ1n) is 5.25. The van der Waals surface area contributed by atoms with Crippen molar-refractivity contribution in [3.05, 3.63) is 0 Å². The van der Waals surface area contributed by atoms with E-state index in [-0.39, 0.29) is 17.4 Å². The second-order valence-electron chi connectivity index (χ2n) is 6.12. The predicted molar refractivity (Wildman–Crippen MR) is 65.7 cm³/mol. The highest BCUT2D eigenvalue weighted by molar-refractivity contribution is 6.83. The lowest BCUT2D eigenvalue weighted by molar-refractivity contribution is 0.0367. The van der Waals surface area contributed by atoms with Gasteiger partial charge >= 0.3 is 0 Å². The fraction of sp³-hybridized carbons (Fsp3) is 0.833. The van der Waals surface area contributed by atoms with Gasteiger partial charge in [0, 0.05) is 5.92 Å². The van der Waals surface area contributed by atoms with Gasteiger partial charge in [0.15, 0.2) is 0 Å². The largest absolute Gasteiger partial charge is 0.391 e. The molecule has 0 radical (unpaired) electrons. The molecule has 1 nitrogen and oxygen atoms in total. The Hall–Kier alpha value is -0.263. The van der Waals surface area contributed by atoms with Gasteiger partial charge < -0.3 is 5.11 Å². The minimum atomic E-state index is -1.30. The van der Waals surface area contributed by atoms with Gasteiger partial charge in [0.05, 0.1) is 6.10 Å². The summed E-state index contributed by atoms with van der Waals surface area (Å²) < 4.78 is 0. The molecule has 0 aliphatic rings. The van der Waals surface area contributed by atoms with Gasteiger partial charge in [0.25, 0.3) is 0 Å². The molecule has 1 N–H and O–H groups in total. The van der Waals surface area contributed by atoms with Crippen molar-refractivity contribution in [3.8, 4) is 11.5 Å². The molecule has 0 fully saturated rings. The number of rotatable bonds is 1. The highest BCUT2D eigenvalue weighted by Crippen LogP contribution is 2.24. The fourth-order valence-corrected chi connectivity index (χ4v) is 1.82. The highest BCUT2D eigenvalue weighted by Gasteiger charge is 2.26. The predicted octanol–water partition coefficient (Wildman–Crippen LogP) is 2.91. The van der Waals surface area contributed by atoms with E-state index >= 15 is 0 Å². The maximum absolute atomic E-state index is 9.96. The molecule has 2 atom stereocenters. The molecule has 0 saturated heterocycles. The van der Waals surface area contributed by atoms with Crippen LogP contribution in [0, 0.1) is 22.8 Å². The van der Waals surface area contributed by atoms with Crippen LogP contribution in [0.15, 0.2) is 0 Å². The average molecular weight is 212 g/mol. The van der Waals surface area contributed by atoms with Crippen LogP contribution in [0.25, 0.3) is 0 Å². The maximum atomic E-state index is 9.96. The summed E-state index contributed by atoms with van der Waals surface area (Å²) in [6.07, 6.45) is -0.341. The summed E-state index contributed by atoms with van der Waals surface area (Å²) in [6, 6.07) is 0. The molecule has 0 aromatic carbocycles. The second kappa shape index (κ2) is 4.50. The summed E-state index contributed by atoms with van der Waals surface area (Å²) in [5.74, 6) is 3.26. The SMILES string of the molecule is C[C@H](C#C[Si](C)(C)C)[C@H](O)C(C)(C)C. The first-order chi connectivity index (χ1) is 6.04. The Morgan fingerprint density at radius 3 is 1.86 bits per heavy atom. The Morgan fingerprint density at radius 1 is 1.14 bits per heavy atom.